The standard InChI is InChI=1S/C46H52N5O9PSi/c1-9-57-61(53)59-39-37(28-56-46(32-18-14-11-15-19-32,33-20-24-35(54-5)25-21-33)34-22-26-36(55-6)27-23-34)58-44(40(39)60-62(7,8)45(2,3)4)51-30-49-38-41(47-29-48-42(38)51)50-43(52)31-16-12-10-13-17-31/h10-27,29-30,37,39-40,44H,9,28H2,1-8H3/p+1/t37-,39-,40-,44-/m1/s1. The topological polar surface area (TPSA) is 154 Å². The zero-order valence-electron chi connectivity index (χ0n) is 36.2. The third kappa shape index (κ3) is 9.20. The normalized spacial score (nSPS) is 18.4. The molecular formula is C46H53N5O9PSi+. The quantitative estimate of drug-likeness (QED) is 0.0527. The predicted octanol–water partition coefficient (Wildman–Crippen LogP) is 9.47. The molecule has 4 aromatic carbocycles. The Bertz CT molecular complexity index is 2400. The lowest BCUT2D eigenvalue weighted by Gasteiger charge is -2.40. The van der Waals surface area contributed by atoms with Gasteiger partial charge in [0.15, 0.2) is 37.6 Å². The van der Waals surface area contributed by atoms with E-state index in [1.165, 1.54) is 6.33 Å². The summed E-state index contributed by atoms with van der Waals surface area (Å²) in [5, 5.41) is 2.65. The molecule has 0 radical (unpaired) electrons. The summed E-state index contributed by atoms with van der Waals surface area (Å²) in [6, 6.07) is 34.2. The number of anilines is 1. The van der Waals surface area contributed by atoms with Gasteiger partial charge in [-0.05, 0) is 78.1 Å². The summed E-state index contributed by atoms with van der Waals surface area (Å²) in [6.07, 6.45) is -0.689. The Kier molecular flexibility index (Phi) is 13.6. The minimum atomic E-state index is -2.62. The molecule has 1 amide bonds. The van der Waals surface area contributed by atoms with Crippen molar-refractivity contribution < 1.29 is 41.8 Å². The number of methoxy groups -OCH3 is 2. The molecule has 1 unspecified atom stereocenters. The maximum absolute atomic E-state index is 13.6. The van der Waals surface area contributed by atoms with Crippen molar-refractivity contribution in [1.29, 1.82) is 0 Å². The van der Waals surface area contributed by atoms with E-state index in [0.29, 0.717) is 28.2 Å². The Morgan fingerprint density at radius 3 is 1.95 bits per heavy atom. The van der Waals surface area contributed by atoms with Gasteiger partial charge in [-0.2, -0.15) is 0 Å². The van der Waals surface area contributed by atoms with Crippen LogP contribution in [0, 0.1) is 0 Å². The summed E-state index contributed by atoms with van der Waals surface area (Å²) >= 11 is 0. The van der Waals surface area contributed by atoms with Crippen LogP contribution in [0.5, 0.6) is 11.5 Å². The third-order valence-electron chi connectivity index (χ3n) is 11.5. The molecule has 5 atom stereocenters. The maximum Gasteiger partial charge on any atom is 0.697 e. The zero-order valence-corrected chi connectivity index (χ0v) is 38.1. The number of imidazole rings is 1. The Labute approximate surface area is 364 Å². The Hall–Kier alpha value is -5.38. The number of hydrogen-bond acceptors (Lipinski definition) is 12. The Balaban J connectivity index is 1.34. The molecule has 1 aliphatic rings. The van der Waals surface area contributed by atoms with E-state index in [1.807, 2.05) is 84.9 Å². The van der Waals surface area contributed by atoms with Crippen LogP contribution < -0.4 is 14.8 Å². The number of ether oxygens (including phenoxy) is 4. The van der Waals surface area contributed by atoms with Crippen LogP contribution in [-0.4, -0.2) is 79.5 Å². The van der Waals surface area contributed by atoms with Crippen molar-refractivity contribution >= 4 is 39.5 Å². The van der Waals surface area contributed by atoms with Crippen LogP contribution in [-0.2, 0) is 33.1 Å². The van der Waals surface area contributed by atoms with E-state index in [1.54, 1.807) is 56.3 Å². The first kappa shape index (κ1) is 44.7. The first-order valence-electron chi connectivity index (χ1n) is 20.4. The fourth-order valence-corrected chi connectivity index (χ4v) is 9.26. The van der Waals surface area contributed by atoms with E-state index in [-0.39, 0.29) is 30.0 Å². The van der Waals surface area contributed by atoms with E-state index in [2.05, 4.69) is 54.1 Å². The largest absolute Gasteiger partial charge is 0.697 e. The molecule has 0 spiro atoms. The zero-order chi connectivity index (χ0) is 44.1. The van der Waals surface area contributed by atoms with Crippen LogP contribution in [0.3, 0.4) is 0 Å². The summed E-state index contributed by atoms with van der Waals surface area (Å²) < 4.78 is 59.9. The van der Waals surface area contributed by atoms with Crippen LogP contribution in [0.4, 0.5) is 5.82 Å². The molecule has 1 N–H and O–H groups in total. The number of amides is 1. The summed E-state index contributed by atoms with van der Waals surface area (Å²) in [6.45, 7) is 12.5. The predicted molar refractivity (Wildman–Crippen MR) is 238 cm³/mol. The number of fused-ring (bicyclic) bond motifs is 1. The molecule has 7 rings (SSSR count). The van der Waals surface area contributed by atoms with E-state index >= 15 is 0 Å². The van der Waals surface area contributed by atoms with Gasteiger partial charge in [0, 0.05) is 10.1 Å². The lowest BCUT2D eigenvalue weighted by atomic mass is 9.80. The van der Waals surface area contributed by atoms with Crippen LogP contribution in [0.15, 0.2) is 122 Å². The summed E-state index contributed by atoms with van der Waals surface area (Å²) in [5.74, 6) is 1.24. The van der Waals surface area contributed by atoms with Crippen molar-refractivity contribution in [2.45, 2.75) is 76.0 Å². The van der Waals surface area contributed by atoms with Gasteiger partial charge in [-0.1, -0.05) is 93.6 Å². The van der Waals surface area contributed by atoms with Gasteiger partial charge in [0.1, 0.15) is 42.2 Å². The smallest absolute Gasteiger partial charge is 0.497 e. The first-order chi connectivity index (χ1) is 29.8. The number of nitrogens with one attached hydrogen (secondary N) is 1. The van der Waals surface area contributed by atoms with Crippen LogP contribution >= 0.6 is 8.25 Å². The van der Waals surface area contributed by atoms with Crippen LogP contribution in [0.2, 0.25) is 18.1 Å². The molecule has 16 heteroatoms. The molecule has 62 heavy (non-hydrogen) atoms. The molecule has 1 fully saturated rings. The molecule has 1 saturated heterocycles. The Morgan fingerprint density at radius 2 is 1.39 bits per heavy atom. The lowest BCUT2D eigenvalue weighted by molar-refractivity contribution is -0.0922. The van der Waals surface area contributed by atoms with Crippen molar-refractivity contribution in [3.8, 4) is 11.5 Å². The number of rotatable bonds is 17. The second kappa shape index (κ2) is 18.9. The third-order valence-corrected chi connectivity index (χ3v) is 16.9. The molecule has 14 nitrogen and oxygen atoms in total. The van der Waals surface area contributed by atoms with Gasteiger partial charge in [-0.25, -0.2) is 15.0 Å². The molecule has 324 valence electrons. The highest BCUT2D eigenvalue weighted by Crippen LogP contribution is 2.47. The number of hydrogen-bond donors (Lipinski definition) is 1. The second-order valence-corrected chi connectivity index (χ2v) is 22.0. The monoisotopic (exact) mass is 878 g/mol. The number of carbonyl (C=O) groups is 1. The number of carbonyl (C=O) groups excluding carboxylic acids is 1. The second-order valence-electron chi connectivity index (χ2n) is 16.3. The lowest BCUT2D eigenvalue weighted by Crippen LogP contribution is -2.49. The fraction of sp³-hybridized carbons (Fsp3) is 0.348. The average Bonchev–Trinajstić information content (AvgIpc) is 3.85. The molecule has 1 aliphatic heterocycles. The minimum Gasteiger partial charge on any atom is -0.497 e. The van der Waals surface area contributed by atoms with Gasteiger partial charge in [0.25, 0.3) is 5.91 Å². The molecule has 0 bridgehead atoms. The van der Waals surface area contributed by atoms with Crippen LogP contribution in [0.25, 0.3) is 11.2 Å². The van der Waals surface area contributed by atoms with E-state index in [9.17, 15) is 9.36 Å². The van der Waals surface area contributed by atoms with Gasteiger partial charge < -0.3 is 28.7 Å². The summed E-state index contributed by atoms with van der Waals surface area (Å²) in [4.78, 5) is 26.9. The highest BCUT2D eigenvalue weighted by Gasteiger charge is 2.56. The molecule has 6 aromatic rings. The van der Waals surface area contributed by atoms with Crippen molar-refractivity contribution in [2.24, 2.45) is 0 Å². The van der Waals surface area contributed by atoms with Crippen molar-refractivity contribution in [1.82, 2.24) is 19.5 Å². The fourth-order valence-electron chi connectivity index (χ4n) is 7.25. The van der Waals surface area contributed by atoms with Gasteiger partial charge in [-0.3, -0.25) is 9.36 Å². The molecule has 2 aromatic heterocycles. The minimum absolute atomic E-state index is 0.0687. The molecule has 3 heterocycles. The number of benzene rings is 4. The van der Waals surface area contributed by atoms with Gasteiger partial charge in [-0.15, -0.1) is 9.05 Å². The molecule has 0 saturated carbocycles. The maximum atomic E-state index is 13.6. The highest BCUT2D eigenvalue weighted by molar-refractivity contribution is 7.33. The van der Waals surface area contributed by atoms with Crippen molar-refractivity contribution in [2.75, 3.05) is 32.8 Å². The van der Waals surface area contributed by atoms with Gasteiger partial charge in [0.2, 0.25) is 0 Å². The number of nitrogens with zero attached hydrogens (tertiary/aromatic N) is 4. The number of aromatic nitrogens is 4. The van der Waals surface area contributed by atoms with Gasteiger partial charge >= 0.3 is 8.25 Å². The average molecular weight is 879 g/mol. The van der Waals surface area contributed by atoms with Crippen molar-refractivity contribution in [3.05, 3.63) is 144 Å². The molecular weight excluding hydrogens is 826 g/mol. The first-order valence-corrected chi connectivity index (χ1v) is 24.4. The highest BCUT2D eigenvalue weighted by atomic mass is 31.1. The van der Waals surface area contributed by atoms with E-state index < -0.39 is 46.7 Å². The van der Waals surface area contributed by atoms with E-state index in [0.717, 1.165) is 16.7 Å². The summed E-state index contributed by atoms with van der Waals surface area (Å²) in [5.41, 5.74) is 2.46. The Morgan fingerprint density at radius 1 is 0.806 bits per heavy atom. The summed E-state index contributed by atoms with van der Waals surface area (Å²) in [7, 11) is -1.99. The molecule has 0 aliphatic carbocycles. The van der Waals surface area contributed by atoms with E-state index in [4.69, 9.17) is 32.4 Å². The van der Waals surface area contributed by atoms with Crippen LogP contribution in [0.1, 0.15) is 61.0 Å². The van der Waals surface area contributed by atoms with Crippen molar-refractivity contribution in [3.63, 3.8) is 0 Å². The van der Waals surface area contributed by atoms with Gasteiger partial charge in [0.05, 0.1) is 27.2 Å². The SMILES string of the molecule is CCO[P+](=O)O[C@H]1[C@@H](O[Si](C)(C)C(C)(C)C)[C@H](n2cnc3c(NC(=O)c4ccccc4)ncnc32)O[C@@H]1COC(c1ccccc1)(c1ccc(OC)cc1)c1ccc(OC)cc1.